The highest BCUT2D eigenvalue weighted by molar-refractivity contribution is 5.70. The Morgan fingerprint density at radius 3 is 2.25 bits per heavy atom. The second kappa shape index (κ2) is 5.36. The molecular weight excluding hydrogens is 272 g/mol. The van der Waals surface area contributed by atoms with Gasteiger partial charge in [0.25, 0.3) is 0 Å². The first kappa shape index (κ1) is 14.1. The fourth-order valence-corrected chi connectivity index (χ4v) is 1.70. The molecule has 0 aliphatic carbocycles. The summed E-state index contributed by atoms with van der Waals surface area (Å²) in [6.45, 7) is 0. The van der Waals surface area contributed by atoms with Gasteiger partial charge in [0.05, 0.1) is 5.56 Å². The van der Waals surface area contributed by atoms with Crippen molar-refractivity contribution in [3.05, 3.63) is 65.0 Å². The topological polar surface area (TPSA) is 20.2 Å². The third kappa shape index (κ3) is 3.60. The minimum atomic E-state index is -4.40. The summed E-state index contributed by atoms with van der Waals surface area (Å²) >= 11 is 0. The van der Waals surface area contributed by atoms with Gasteiger partial charge in [-0.3, -0.25) is 0 Å². The maximum absolute atomic E-state index is 13.0. The highest BCUT2D eigenvalue weighted by Gasteiger charge is 2.30. The van der Waals surface area contributed by atoms with Crippen LogP contribution in [0.25, 0.3) is 12.2 Å². The Balaban J connectivity index is 2.27. The summed E-state index contributed by atoms with van der Waals surface area (Å²) in [5.41, 5.74) is -0.0507. The predicted molar refractivity (Wildman–Crippen MR) is 68.4 cm³/mol. The van der Waals surface area contributed by atoms with Gasteiger partial charge in [0.2, 0.25) is 0 Å². The van der Waals surface area contributed by atoms with Gasteiger partial charge in [-0.05, 0) is 35.4 Å². The maximum atomic E-state index is 13.0. The van der Waals surface area contributed by atoms with Crippen LogP contribution in [0.5, 0.6) is 5.75 Å². The zero-order valence-corrected chi connectivity index (χ0v) is 10.2. The molecule has 0 aliphatic heterocycles. The molecule has 0 fully saturated rings. The van der Waals surface area contributed by atoms with Gasteiger partial charge >= 0.3 is 6.18 Å². The van der Waals surface area contributed by atoms with Crippen molar-refractivity contribution in [2.75, 3.05) is 0 Å². The Hall–Kier alpha value is -2.30. The molecule has 0 amide bonds. The Morgan fingerprint density at radius 1 is 0.900 bits per heavy atom. The molecule has 2 rings (SSSR count). The van der Waals surface area contributed by atoms with Crippen LogP contribution in [0.4, 0.5) is 17.6 Å². The van der Waals surface area contributed by atoms with Gasteiger partial charge in [0.15, 0.2) is 0 Å². The molecule has 1 nitrogen and oxygen atoms in total. The fraction of sp³-hybridized carbons (Fsp3) is 0.0667. The summed E-state index contributed by atoms with van der Waals surface area (Å²) in [5, 5.41) is 9.22. The number of phenolic OH excluding ortho intramolecular Hbond substituents is 1. The molecule has 0 heterocycles. The molecule has 0 saturated carbocycles. The molecule has 0 atom stereocenters. The molecule has 0 radical (unpaired) electrons. The van der Waals surface area contributed by atoms with Crippen molar-refractivity contribution in [1.82, 2.24) is 0 Å². The molecule has 5 heteroatoms. The Kier molecular flexibility index (Phi) is 3.79. The standard InChI is InChI=1S/C15H10F4O/c16-13-7-11(8-14(20)9-13)5-4-10-2-1-3-12(6-10)15(17,18)19/h1-9,20H/b5-4+. The lowest BCUT2D eigenvalue weighted by atomic mass is 10.1. The first-order valence-electron chi connectivity index (χ1n) is 5.69. The maximum Gasteiger partial charge on any atom is 0.416 e. The van der Waals surface area contributed by atoms with Gasteiger partial charge < -0.3 is 5.11 Å². The smallest absolute Gasteiger partial charge is 0.416 e. The third-order valence-corrected chi connectivity index (χ3v) is 2.59. The van der Waals surface area contributed by atoms with Crippen LogP contribution in [0.2, 0.25) is 0 Å². The van der Waals surface area contributed by atoms with E-state index in [9.17, 15) is 22.7 Å². The molecule has 0 aliphatic rings. The molecule has 104 valence electrons. The van der Waals surface area contributed by atoms with Crippen LogP contribution in [0.1, 0.15) is 16.7 Å². The van der Waals surface area contributed by atoms with Crippen molar-refractivity contribution >= 4 is 12.2 Å². The quantitative estimate of drug-likeness (QED) is 0.624. The van der Waals surface area contributed by atoms with Crippen LogP contribution in [-0.2, 0) is 6.18 Å². The van der Waals surface area contributed by atoms with Crippen LogP contribution in [0.3, 0.4) is 0 Å². The summed E-state index contributed by atoms with van der Waals surface area (Å²) in [6.07, 6.45) is -1.55. The molecule has 0 saturated heterocycles. The van der Waals surface area contributed by atoms with E-state index in [-0.39, 0.29) is 5.75 Å². The average molecular weight is 282 g/mol. The number of hydrogen-bond donors (Lipinski definition) is 1. The van der Waals surface area contributed by atoms with Gasteiger partial charge in [-0.2, -0.15) is 13.2 Å². The summed E-state index contributed by atoms with van der Waals surface area (Å²) in [5.74, 6) is -0.859. The van der Waals surface area contributed by atoms with E-state index in [0.29, 0.717) is 11.1 Å². The van der Waals surface area contributed by atoms with E-state index in [2.05, 4.69) is 0 Å². The van der Waals surface area contributed by atoms with Crippen molar-refractivity contribution in [1.29, 1.82) is 0 Å². The van der Waals surface area contributed by atoms with E-state index in [1.807, 2.05) is 0 Å². The molecule has 0 spiro atoms. The van der Waals surface area contributed by atoms with Crippen LogP contribution >= 0.6 is 0 Å². The molecular formula is C15H10F4O. The number of halogens is 4. The van der Waals surface area contributed by atoms with Crippen LogP contribution < -0.4 is 0 Å². The van der Waals surface area contributed by atoms with E-state index < -0.39 is 17.6 Å². The highest BCUT2D eigenvalue weighted by Crippen LogP contribution is 2.30. The lowest BCUT2D eigenvalue weighted by molar-refractivity contribution is -0.137. The molecule has 2 aromatic rings. The van der Waals surface area contributed by atoms with E-state index >= 15 is 0 Å². The van der Waals surface area contributed by atoms with Gasteiger partial charge in [0.1, 0.15) is 11.6 Å². The zero-order valence-electron chi connectivity index (χ0n) is 10.2. The summed E-state index contributed by atoms with van der Waals surface area (Å²) in [6, 6.07) is 8.20. The third-order valence-electron chi connectivity index (χ3n) is 2.59. The van der Waals surface area contributed by atoms with E-state index in [1.165, 1.54) is 36.4 Å². The van der Waals surface area contributed by atoms with Crippen LogP contribution in [-0.4, -0.2) is 5.11 Å². The van der Waals surface area contributed by atoms with Crippen molar-refractivity contribution in [2.24, 2.45) is 0 Å². The summed E-state index contributed by atoms with van der Waals surface area (Å²) < 4.78 is 50.6. The number of benzene rings is 2. The van der Waals surface area contributed by atoms with Gasteiger partial charge in [-0.1, -0.05) is 24.3 Å². The highest BCUT2D eigenvalue weighted by atomic mass is 19.4. The molecule has 20 heavy (non-hydrogen) atoms. The lowest BCUT2D eigenvalue weighted by Gasteiger charge is -2.06. The van der Waals surface area contributed by atoms with Crippen LogP contribution in [0.15, 0.2) is 42.5 Å². The molecule has 0 bridgehead atoms. The van der Waals surface area contributed by atoms with Crippen molar-refractivity contribution in [3.8, 4) is 5.75 Å². The second-order valence-corrected chi connectivity index (χ2v) is 4.20. The predicted octanol–water partition coefficient (Wildman–Crippen LogP) is 4.72. The van der Waals surface area contributed by atoms with Gasteiger partial charge in [-0.25, -0.2) is 4.39 Å². The Morgan fingerprint density at radius 2 is 1.60 bits per heavy atom. The lowest BCUT2D eigenvalue weighted by Crippen LogP contribution is -2.04. The van der Waals surface area contributed by atoms with Crippen LogP contribution in [0, 0.1) is 5.82 Å². The Labute approximate surface area is 112 Å². The fourth-order valence-electron chi connectivity index (χ4n) is 1.70. The summed E-state index contributed by atoms with van der Waals surface area (Å²) in [7, 11) is 0. The van der Waals surface area contributed by atoms with E-state index in [1.54, 1.807) is 0 Å². The normalized spacial score (nSPS) is 12.0. The minimum Gasteiger partial charge on any atom is -0.508 e. The largest absolute Gasteiger partial charge is 0.508 e. The second-order valence-electron chi connectivity index (χ2n) is 4.20. The molecule has 2 aromatic carbocycles. The van der Waals surface area contributed by atoms with E-state index in [4.69, 9.17) is 0 Å². The summed E-state index contributed by atoms with van der Waals surface area (Å²) in [4.78, 5) is 0. The Bertz CT molecular complexity index is 624. The monoisotopic (exact) mass is 282 g/mol. The average Bonchev–Trinajstić information content (AvgIpc) is 2.35. The SMILES string of the molecule is Oc1cc(F)cc(/C=C/c2cccc(C(F)(F)F)c2)c1. The number of alkyl halides is 3. The zero-order chi connectivity index (χ0) is 14.8. The van der Waals surface area contributed by atoms with Crippen molar-refractivity contribution < 1.29 is 22.7 Å². The molecule has 0 aromatic heterocycles. The van der Waals surface area contributed by atoms with Crippen molar-refractivity contribution in [3.63, 3.8) is 0 Å². The number of phenols is 1. The number of hydrogen-bond acceptors (Lipinski definition) is 1. The number of aromatic hydroxyl groups is 1. The first-order chi connectivity index (χ1) is 9.34. The number of rotatable bonds is 2. The van der Waals surface area contributed by atoms with Gasteiger partial charge in [-0.15, -0.1) is 0 Å². The molecule has 0 unspecified atom stereocenters. The van der Waals surface area contributed by atoms with E-state index in [0.717, 1.165) is 18.2 Å². The van der Waals surface area contributed by atoms with Crippen molar-refractivity contribution in [2.45, 2.75) is 6.18 Å². The molecule has 1 N–H and O–H groups in total. The first-order valence-corrected chi connectivity index (χ1v) is 5.69. The van der Waals surface area contributed by atoms with Gasteiger partial charge in [0, 0.05) is 6.07 Å². The minimum absolute atomic E-state index is 0.242.